The number of rotatable bonds is 13. The van der Waals surface area contributed by atoms with Crippen molar-refractivity contribution in [3.8, 4) is 0 Å². The maximum Gasteiger partial charge on any atom is -0.00265 e. The summed E-state index contributed by atoms with van der Waals surface area (Å²) >= 11 is 4.76. The van der Waals surface area contributed by atoms with Gasteiger partial charge in [-0.05, 0) is 18.2 Å². The predicted octanol–water partition coefficient (Wildman–Crippen LogP) is 6.79. The first-order valence-corrected chi connectivity index (χ1v) is 8.16. The summed E-state index contributed by atoms with van der Waals surface area (Å²) in [4.78, 5) is 0. The van der Waals surface area contributed by atoms with Gasteiger partial charge >= 0.3 is 0 Å². The van der Waals surface area contributed by atoms with E-state index in [0.29, 0.717) is 0 Å². The molecule has 0 N–H and O–H groups in total. The third-order valence-electron chi connectivity index (χ3n) is 3.32. The summed E-state index contributed by atoms with van der Waals surface area (Å²) in [6, 6.07) is 0. The van der Waals surface area contributed by atoms with Crippen molar-refractivity contribution in [1.29, 1.82) is 0 Å². The molecule has 0 saturated heterocycles. The van der Waals surface area contributed by atoms with Crippen LogP contribution in [0.3, 0.4) is 0 Å². The van der Waals surface area contributed by atoms with Crippen molar-refractivity contribution in [3.05, 3.63) is 11.5 Å². The second kappa shape index (κ2) is 16.0. The summed E-state index contributed by atoms with van der Waals surface area (Å²) in [5, 5.41) is 1.75. The van der Waals surface area contributed by atoms with E-state index in [2.05, 4.69) is 13.0 Å². The van der Waals surface area contributed by atoms with Gasteiger partial charge < -0.3 is 0 Å². The normalized spacial score (nSPS) is 11.4. The van der Waals surface area contributed by atoms with E-state index in [1.54, 1.807) is 5.41 Å². The number of hydrogen-bond acceptors (Lipinski definition) is 0. The van der Waals surface area contributed by atoms with Crippen molar-refractivity contribution < 1.29 is 0 Å². The Bertz CT molecular complexity index is 152. The predicted molar refractivity (Wildman–Crippen MR) is 82.4 cm³/mol. The Morgan fingerprint density at radius 1 is 0.647 bits per heavy atom. The Morgan fingerprint density at radius 3 is 1.47 bits per heavy atom. The SMILES string of the molecule is CCCCCCCCCCCCCC/C=C/[S]. The van der Waals surface area contributed by atoms with Crippen molar-refractivity contribution in [2.45, 2.75) is 90.4 Å². The Morgan fingerprint density at radius 2 is 1.06 bits per heavy atom. The molecular weight excluding hydrogens is 224 g/mol. The minimum atomic E-state index is 1.18. The molecule has 0 bridgehead atoms. The zero-order valence-electron chi connectivity index (χ0n) is 11.8. The molecule has 0 fully saturated rings. The Kier molecular flexibility index (Phi) is 15.9. The van der Waals surface area contributed by atoms with Crippen molar-refractivity contribution in [1.82, 2.24) is 0 Å². The molecule has 1 radical (unpaired) electrons. The lowest BCUT2D eigenvalue weighted by Crippen LogP contribution is -1.82. The summed E-state index contributed by atoms with van der Waals surface area (Å²) in [5.74, 6) is 0. The summed E-state index contributed by atoms with van der Waals surface area (Å²) in [7, 11) is 0. The highest BCUT2D eigenvalue weighted by Gasteiger charge is 1.92. The Balaban J connectivity index is 2.89. The van der Waals surface area contributed by atoms with Gasteiger partial charge in [-0.1, -0.05) is 96.3 Å². The summed E-state index contributed by atoms with van der Waals surface area (Å²) in [6.07, 6.45) is 20.4. The van der Waals surface area contributed by atoms with Gasteiger partial charge in [-0.25, -0.2) is 0 Å². The molecule has 0 unspecified atom stereocenters. The molecule has 0 aliphatic rings. The Labute approximate surface area is 115 Å². The first-order valence-electron chi connectivity index (χ1n) is 7.68. The van der Waals surface area contributed by atoms with Crippen LogP contribution in [0.15, 0.2) is 11.5 Å². The smallest absolute Gasteiger partial charge is 0.00265 e. The van der Waals surface area contributed by atoms with E-state index in [1.807, 2.05) is 0 Å². The fourth-order valence-electron chi connectivity index (χ4n) is 2.17. The molecule has 101 valence electrons. The van der Waals surface area contributed by atoms with E-state index in [1.165, 1.54) is 83.5 Å². The minimum Gasteiger partial charge on any atom is -0.0891 e. The minimum absolute atomic E-state index is 1.18. The lowest BCUT2D eigenvalue weighted by Gasteiger charge is -2.02. The van der Waals surface area contributed by atoms with Crippen LogP contribution >= 0.6 is 12.6 Å². The van der Waals surface area contributed by atoms with Crippen LogP contribution in [0.5, 0.6) is 0 Å². The molecule has 0 spiro atoms. The van der Waals surface area contributed by atoms with Crippen molar-refractivity contribution in [2.75, 3.05) is 0 Å². The van der Waals surface area contributed by atoms with Crippen molar-refractivity contribution >= 4 is 12.6 Å². The topological polar surface area (TPSA) is 0 Å². The number of allylic oxidation sites excluding steroid dienone is 1. The van der Waals surface area contributed by atoms with Crippen LogP contribution < -0.4 is 0 Å². The molecule has 0 heterocycles. The second-order valence-corrected chi connectivity index (χ2v) is 5.32. The van der Waals surface area contributed by atoms with E-state index in [9.17, 15) is 0 Å². The lowest BCUT2D eigenvalue weighted by molar-refractivity contribution is 0.545. The fraction of sp³-hybridized carbons (Fsp3) is 0.875. The molecule has 0 aromatic heterocycles. The molecule has 0 aliphatic heterocycles. The molecule has 0 atom stereocenters. The van der Waals surface area contributed by atoms with Gasteiger partial charge in [-0.3, -0.25) is 0 Å². The molecular formula is C16H31S. The van der Waals surface area contributed by atoms with Gasteiger partial charge in [0.05, 0.1) is 0 Å². The average Bonchev–Trinajstić information content (AvgIpc) is 2.35. The fourth-order valence-corrected chi connectivity index (χ4v) is 2.31. The Hall–Kier alpha value is -0.0400. The highest BCUT2D eigenvalue weighted by molar-refractivity contribution is 7.83. The van der Waals surface area contributed by atoms with Gasteiger partial charge in [-0.2, -0.15) is 0 Å². The lowest BCUT2D eigenvalue weighted by atomic mass is 10.0. The van der Waals surface area contributed by atoms with Gasteiger partial charge in [0.2, 0.25) is 0 Å². The highest BCUT2D eigenvalue weighted by atomic mass is 32.1. The van der Waals surface area contributed by atoms with Gasteiger partial charge in [0, 0.05) is 0 Å². The van der Waals surface area contributed by atoms with Gasteiger partial charge in [0.1, 0.15) is 0 Å². The molecule has 0 saturated carbocycles. The van der Waals surface area contributed by atoms with Crippen LogP contribution in [-0.2, 0) is 0 Å². The molecule has 0 rings (SSSR count). The standard InChI is InChI=1S/C16H31S/c1-2-3-4-5-6-7-8-9-10-11-12-13-14-15-16-17/h15-16H,2-14H2,1H3/b16-15+. The van der Waals surface area contributed by atoms with E-state index in [0.717, 1.165) is 0 Å². The van der Waals surface area contributed by atoms with Gasteiger partial charge in [0.15, 0.2) is 0 Å². The van der Waals surface area contributed by atoms with E-state index >= 15 is 0 Å². The van der Waals surface area contributed by atoms with Crippen LogP contribution in [0.25, 0.3) is 0 Å². The zero-order valence-corrected chi connectivity index (χ0v) is 12.6. The quantitative estimate of drug-likeness (QED) is 0.318. The molecule has 0 aliphatic carbocycles. The maximum atomic E-state index is 4.76. The first-order chi connectivity index (χ1) is 8.41. The van der Waals surface area contributed by atoms with Gasteiger partial charge in [-0.15, -0.1) is 0 Å². The molecule has 0 amide bonds. The number of unbranched alkanes of at least 4 members (excludes halogenated alkanes) is 12. The molecule has 0 aromatic rings. The molecule has 0 aromatic carbocycles. The van der Waals surface area contributed by atoms with Crippen molar-refractivity contribution in [2.24, 2.45) is 0 Å². The number of hydrogen-bond donors (Lipinski definition) is 0. The van der Waals surface area contributed by atoms with E-state index < -0.39 is 0 Å². The van der Waals surface area contributed by atoms with E-state index in [-0.39, 0.29) is 0 Å². The monoisotopic (exact) mass is 255 g/mol. The highest BCUT2D eigenvalue weighted by Crippen LogP contribution is 2.12. The van der Waals surface area contributed by atoms with E-state index in [4.69, 9.17) is 12.6 Å². The second-order valence-electron chi connectivity index (χ2n) is 5.05. The van der Waals surface area contributed by atoms with Crippen LogP contribution in [-0.4, -0.2) is 0 Å². The third-order valence-corrected chi connectivity index (χ3v) is 3.51. The maximum absolute atomic E-state index is 4.76. The van der Waals surface area contributed by atoms with Crippen LogP contribution in [0, 0.1) is 0 Å². The van der Waals surface area contributed by atoms with Crippen LogP contribution in [0.1, 0.15) is 90.4 Å². The largest absolute Gasteiger partial charge is 0.0891 e. The molecule has 0 nitrogen and oxygen atoms in total. The average molecular weight is 255 g/mol. The summed E-state index contributed by atoms with van der Waals surface area (Å²) < 4.78 is 0. The van der Waals surface area contributed by atoms with Gasteiger partial charge in [0.25, 0.3) is 0 Å². The third kappa shape index (κ3) is 16.0. The van der Waals surface area contributed by atoms with Crippen LogP contribution in [0.2, 0.25) is 0 Å². The molecule has 1 heteroatoms. The summed E-state index contributed by atoms with van der Waals surface area (Å²) in [5.41, 5.74) is 0. The molecule has 17 heavy (non-hydrogen) atoms. The first kappa shape index (κ1) is 17.0. The van der Waals surface area contributed by atoms with Crippen molar-refractivity contribution in [3.63, 3.8) is 0 Å². The van der Waals surface area contributed by atoms with Crippen LogP contribution in [0.4, 0.5) is 0 Å². The zero-order chi connectivity index (χ0) is 12.6. The summed E-state index contributed by atoms with van der Waals surface area (Å²) in [6.45, 7) is 2.28.